The molecule has 2 atom stereocenters. The highest BCUT2D eigenvalue weighted by Crippen LogP contribution is 2.38. The highest BCUT2D eigenvalue weighted by molar-refractivity contribution is 5.22. The average Bonchev–Trinajstić information content (AvgIpc) is 3.22. The second kappa shape index (κ2) is 7.99. The fourth-order valence-electron chi connectivity index (χ4n) is 2.03. The van der Waals surface area contributed by atoms with Crippen LogP contribution >= 0.6 is 0 Å². The molecular formula is C17H22O2. The minimum atomic E-state index is 0.212. The summed E-state index contributed by atoms with van der Waals surface area (Å²) in [6.45, 7) is 3.37. The van der Waals surface area contributed by atoms with Crippen LogP contribution in [0.3, 0.4) is 0 Å². The topological polar surface area (TPSA) is 21.8 Å². The van der Waals surface area contributed by atoms with Gasteiger partial charge in [-0.15, -0.1) is 5.92 Å². The van der Waals surface area contributed by atoms with Crippen LogP contribution in [0.25, 0.3) is 0 Å². The lowest BCUT2D eigenvalue weighted by Crippen LogP contribution is -2.02. The zero-order chi connectivity index (χ0) is 13.3. The van der Waals surface area contributed by atoms with Crippen LogP contribution in [0.5, 0.6) is 0 Å². The molecule has 0 N–H and O–H groups in total. The molecule has 1 aromatic carbocycles. The number of hydrogen-bond acceptors (Lipinski definition) is 2. The zero-order valence-electron chi connectivity index (χ0n) is 11.6. The van der Waals surface area contributed by atoms with E-state index < -0.39 is 0 Å². The van der Waals surface area contributed by atoms with Crippen molar-refractivity contribution in [2.24, 2.45) is 0 Å². The van der Waals surface area contributed by atoms with Crippen LogP contribution in [-0.4, -0.2) is 19.3 Å². The van der Waals surface area contributed by atoms with E-state index in [1.54, 1.807) is 0 Å². The second-order valence-electron chi connectivity index (χ2n) is 4.83. The Morgan fingerprint density at radius 2 is 2.00 bits per heavy atom. The lowest BCUT2D eigenvalue weighted by molar-refractivity contribution is 0.145. The third-order valence-electron chi connectivity index (χ3n) is 3.20. The summed E-state index contributed by atoms with van der Waals surface area (Å²) in [5, 5.41) is 0. The summed E-state index contributed by atoms with van der Waals surface area (Å²) in [4.78, 5) is 0. The Morgan fingerprint density at radius 3 is 2.79 bits per heavy atom. The monoisotopic (exact) mass is 258 g/mol. The van der Waals surface area contributed by atoms with Crippen molar-refractivity contribution >= 4 is 0 Å². The number of rotatable bonds is 7. The van der Waals surface area contributed by atoms with Crippen molar-refractivity contribution in [3.8, 4) is 11.8 Å². The summed E-state index contributed by atoms with van der Waals surface area (Å²) in [6.07, 6.45) is 5.14. The number of unbranched alkanes of at least 4 members (excludes halogenated alkanes) is 3. The summed E-state index contributed by atoms with van der Waals surface area (Å²) in [6, 6.07) is 10.3. The first-order chi connectivity index (χ1) is 9.42. The van der Waals surface area contributed by atoms with Gasteiger partial charge in [-0.1, -0.05) is 56.0 Å². The number of ether oxygens (including phenoxy) is 2. The van der Waals surface area contributed by atoms with Gasteiger partial charge in [0.2, 0.25) is 0 Å². The van der Waals surface area contributed by atoms with Gasteiger partial charge in [-0.3, -0.25) is 0 Å². The smallest absolute Gasteiger partial charge is 0.112 e. The van der Waals surface area contributed by atoms with E-state index in [0.29, 0.717) is 13.2 Å². The minimum Gasteiger partial charge on any atom is -0.366 e. The highest BCUT2D eigenvalue weighted by Gasteiger charge is 2.39. The molecule has 2 rings (SSSR count). The van der Waals surface area contributed by atoms with Crippen LogP contribution in [0, 0.1) is 11.8 Å². The van der Waals surface area contributed by atoms with E-state index in [2.05, 4.69) is 30.9 Å². The molecule has 1 fully saturated rings. The quantitative estimate of drug-likeness (QED) is 0.422. The molecule has 1 aliphatic rings. The maximum atomic E-state index is 5.59. The molecular weight excluding hydrogens is 236 g/mol. The molecule has 1 heterocycles. The van der Waals surface area contributed by atoms with Crippen molar-refractivity contribution in [3.05, 3.63) is 35.9 Å². The lowest BCUT2D eigenvalue weighted by atomic mass is 10.1. The van der Waals surface area contributed by atoms with Gasteiger partial charge in [0.1, 0.15) is 18.8 Å². The molecule has 1 aromatic rings. The fraction of sp³-hybridized carbons (Fsp3) is 0.529. The van der Waals surface area contributed by atoms with E-state index in [4.69, 9.17) is 9.47 Å². The van der Waals surface area contributed by atoms with Crippen LogP contribution in [0.4, 0.5) is 0 Å². The Kier molecular flexibility index (Phi) is 5.94. The Hall–Kier alpha value is -1.30. The van der Waals surface area contributed by atoms with Gasteiger partial charge in [-0.2, -0.15) is 0 Å². The molecule has 0 amide bonds. The zero-order valence-corrected chi connectivity index (χ0v) is 11.6. The summed E-state index contributed by atoms with van der Waals surface area (Å²) in [7, 11) is 0. The molecule has 2 nitrogen and oxygen atoms in total. The molecule has 0 unspecified atom stereocenters. The van der Waals surface area contributed by atoms with Gasteiger partial charge in [-0.05, 0) is 12.0 Å². The van der Waals surface area contributed by atoms with Crippen LogP contribution in [0.2, 0.25) is 0 Å². The van der Waals surface area contributed by atoms with E-state index in [9.17, 15) is 0 Å². The van der Waals surface area contributed by atoms with Crippen LogP contribution < -0.4 is 0 Å². The van der Waals surface area contributed by atoms with Crippen molar-refractivity contribution in [2.75, 3.05) is 13.2 Å². The summed E-state index contributed by atoms with van der Waals surface area (Å²) >= 11 is 0. The summed E-state index contributed by atoms with van der Waals surface area (Å²) < 4.78 is 11.1. The largest absolute Gasteiger partial charge is 0.366 e. The third-order valence-corrected chi connectivity index (χ3v) is 3.20. The molecule has 0 bridgehead atoms. The van der Waals surface area contributed by atoms with Gasteiger partial charge in [-0.25, -0.2) is 0 Å². The standard InChI is InChI=1S/C17H22O2/c1-2-3-4-5-6-10-13-18-14-16-17(19-16)15-11-8-7-9-12-15/h7-9,11-12,16-17H,2-5,13-14H2,1H3/t16-,17-/m0/s1. The van der Waals surface area contributed by atoms with E-state index >= 15 is 0 Å². The fourth-order valence-corrected chi connectivity index (χ4v) is 2.03. The van der Waals surface area contributed by atoms with E-state index in [1.807, 2.05) is 18.2 Å². The Labute approximate surface area is 116 Å². The third kappa shape index (κ3) is 5.06. The maximum absolute atomic E-state index is 5.59. The lowest BCUT2D eigenvalue weighted by Gasteiger charge is -1.96. The molecule has 0 radical (unpaired) electrons. The van der Waals surface area contributed by atoms with Crippen LogP contribution in [0.1, 0.15) is 44.3 Å². The van der Waals surface area contributed by atoms with Crippen molar-refractivity contribution in [1.82, 2.24) is 0 Å². The Balaban J connectivity index is 1.54. The van der Waals surface area contributed by atoms with Gasteiger partial charge in [0.05, 0.1) is 6.61 Å². The average molecular weight is 258 g/mol. The molecule has 0 aliphatic carbocycles. The molecule has 1 aliphatic heterocycles. The number of epoxide rings is 1. The summed E-state index contributed by atoms with van der Waals surface area (Å²) in [5.41, 5.74) is 1.24. The first-order valence-electron chi connectivity index (χ1n) is 7.15. The molecule has 0 aromatic heterocycles. The first-order valence-corrected chi connectivity index (χ1v) is 7.15. The van der Waals surface area contributed by atoms with Crippen molar-refractivity contribution < 1.29 is 9.47 Å². The van der Waals surface area contributed by atoms with Gasteiger partial charge < -0.3 is 9.47 Å². The van der Waals surface area contributed by atoms with Crippen LogP contribution in [0.15, 0.2) is 30.3 Å². The molecule has 0 spiro atoms. The van der Waals surface area contributed by atoms with Gasteiger partial charge in [0, 0.05) is 6.42 Å². The molecule has 102 valence electrons. The molecule has 19 heavy (non-hydrogen) atoms. The normalized spacial score (nSPS) is 20.7. The predicted octanol–water partition coefficient (Wildman–Crippen LogP) is 3.73. The number of benzene rings is 1. The van der Waals surface area contributed by atoms with Crippen molar-refractivity contribution in [1.29, 1.82) is 0 Å². The van der Waals surface area contributed by atoms with Gasteiger partial charge in [0.15, 0.2) is 0 Å². The molecule has 1 saturated heterocycles. The maximum Gasteiger partial charge on any atom is 0.112 e. The van der Waals surface area contributed by atoms with Gasteiger partial charge in [0.25, 0.3) is 0 Å². The SMILES string of the molecule is CCCCCC#CCOC[C@@H]1O[C@H]1c1ccccc1. The minimum absolute atomic E-state index is 0.212. The number of hydrogen-bond donors (Lipinski definition) is 0. The van der Waals surface area contributed by atoms with Crippen LogP contribution in [-0.2, 0) is 9.47 Å². The highest BCUT2D eigenvalue weighted by atomic mass is 16.6. The summed E-state index contributed by atoms with van der Waals surface area (Å²) in [5.74, 6) is 6.20. The van der Waals surface area contributed by atoms with Crippen molar-refractivity contribution in [3.63, 3.8) is 0 Å². The second-order valence-corrected chi connectivity index (χ2v) is 4.83. The molecule has 0 saturated carbocycles. The van der Waals surface area contributed by atoms with E-state index in [-0.39, 0.29) is 12.2 Å². The van der Waals surface area contributed by atoms with E-state index in [0.717, 1.165) is 6.42 Å². The Morgan fingerprint density at radius 1 is 1.16 bits per heavy atom. The predicted molar refractivity (Wildman–Crippen MR) is 76.8 cm³/mol. The van der Waals surface area contributed by atoms with E-state index in [1.165, 1.54) is 24.8 Å². The van der Waals surface area contributed by atoms with Gasteiger partial charge >= 0.3 is 0 Å². The Bertz CT molecular complexity index is 416. The first kappa shape index (κ1) is 14.1. The molecule has 2 heteroatoms. The van der Waals surface area contributed by atoms with Crippen molar-refractivity contribution in [2.45, 2.75) is 44.8 Å².